The minimum Gasteiger partial charge on any atom is -0.355 e. The second kappa shape index (κ2) is 6.74. The van der Waals surface area contributed by atoms with E-state index in [1.807, 2.05) is 31.3 Å². The summed E-state index contributed by atoms with van der Waals surface area (Å²) in [5, 5.41) is 14.1. The molecule has 0 aliphatic carbocycles. The lowest BCUT2D eigenvalue weighted by Gasteiger charge is -2.33. The molecule has 142 valence electrons. The van der Waals surface area contributed by atoms with Gasteiger partial charge in [0.25, 0.3) is 0 Å². The summed E-state index contributed by atoms with van der Waals surface area (Å²) in [7, 11) is 0. The minimum atomic E-state index is -0.187. The molecule has 0 unspecified atom stereocenters. The van der Waals surface area contributed by atoms with Gasteiger partial charge in [-0.05, 0) is 67.1 Å². The molecule has 28 heavy (non-hydrogen) atoms. The number of aromatic nitrogens is 5. The maximum absolute atomic E-state index is 13.7. The van der Waals surface area contributed by atoms with Crippen molar-refractivity contribution in [2.75, 3.05) is 18.0 Å². The second-order valence-electron chi connectivity index (χ2n) is 7.36. The smallest absolute Gasteiger partial charge is 0.175 e. The Balaban J connectivity index is 1.29. The summed E-state index contributed by atoms with van der Waals surface area (Å²) in [5.74, 6) is 1.41. The van der Waals surface area contributed by atoms with Crippen LogP contribution in [0.3, 0.4) is 0 Å². The number of hydrogen-bond acceptors (Lipinski definition) is 4. The van der Waals surface area contributed by atoms with Crippen molar-refractivity contribution in [1.29, 1.82) is 0 Å². The van der Waals surface area contributed by atoms with Gasteiger partial charge in [-0.25, -0.2) is 9.07 Å². The molecule has 4 aromatic rings. The van der Waals surface area contributed by atoms with Gasteiger partial charge in [0.1, 0.15) is 5.82 Å². The zero-order valence-electron chi connectivity index (χ0n) is 15.7. The number of anilines is 1. The summed E-state index contributed by atoms with van der Waals surface area (Å²) in [5.41, 5.74) is 2.06. The maximum Gasteiger partial charge on any atom is 0.175 e. The van der Waals surface area contributed by atoms with Gasteiger partial charge in [-0.2, -0.15) is 5.10 Å². The number of fused-ring (bicyclic) bond motifs is 1. The third kappa shape index (κ3) is 3.02. The van der Waals surface area contributed by atoms with Gasteiger partial charge in [-0.3, -0.25) is 0 Å². The van der Waals surface area contributed by atoms with Gasteiger partial charge in [-0.15, -0.1) is 10.2 Å². The van der Waals surface area contributed by atoms with Crippen LogP contribution in [0.4, 0.5) is 10.2 Å². The topological polar surface area (TPSA) is 51.8 Å². The predicted octanol–water partition coefficient (Wildman–Crippen LogP) is 3.91. The van der Waals surface area contributed by atoms with E-state index in [9.17, 15) is 4.39 Å². The Morgan fingerprint density at radius 2 is 1.79 bits per heavy atom. The molecule has 1 saturated heterocycles. The molecule has 5 rings (SSSR count). The van der Waals surface area contributed by atoms with Gasteiger partial charge in [0.05, 0.1) is 11.7 Å². The maximum atomic E-state index is 13.7. The molecular weight excluding hydrogens is 355 g/mol. The van der Waals surface area contributed by atoms with Crippen molar-refractivity contribution in [3.63, 3.8) is 0 Å². The number of halogens is 1. The first-order chi connectivity index (χ1) is 13.7. The predicted molar refractivity (Wildman–Crippen MR) is 106 cm³/mol. The Labute approximate surface area is 162 Å². The molecule has 1 fully saturated rings. The highest BCUT2D eigenvalue weighted by Crippen LogP contribution is 2.29. The Hall–Kier alpha value is -3.22. The average molecular weight is 376 g/mol. The normalized spacial score (nSPS) is 15.4. The summed E-state index contributed by atoms with van der Waals surface area (Å²) in [6.45, 7) is 3.79. The molecule has 7 heteroatoms. The highest BCUT2D eigenvalue weighted by atomic mass is 19.1. The number of nitrogens with zero attached hydrogens (tertiary/aromatic N) is 6. The van der Waals surface area contributed by atoms with Crippen LogP contribution in [0.2, 0.25) is 0 Å². The van der Waals surface area contributed by atoms with Crippen LogP contribution in [0.25, 0.3) is 16.7 Å². The number of benzene rings is 1. The van der Waals surface area contributed by atoms with Gasteiger partial charge in [-0.1, -0.05) is 0 Å². The van der Waals surface area contributed by atoms with E-state index < -0.39 is 0 Å². The lowest BCUT2D eigenvalue weighted by Crippen LogP contribution is -2.35. The standard InChI is InChI=1S/C21H21FN6/c1-15-13-23-28(14-15)21-5-4-20(24-25-21)26-9-7-18(8-10-26)27-11-6-16-2-3-17(22)12-19(16)27/h2-6,11-14,18H,7-10H2,1H3. The summed E-state index contributed by atoms with van der Waals surface area (Å²) in [4.78, 5) is 2.26. The lowest BCUT2D eigenvalue weighted by atomic mass is 10.0. The molecule has 0 atom stereocenters. The minimum absolute atomic E-state index is 0.187. The van der Waals surface area contributed by atoms with Gasteiger partial charge in [0.15, 0.2) is 11.6 Å². The molecule has 6 nitrogen and oxygen atoms in total. The molecule has 4 heterocycles. The number of hydrogen-bond donors (Lipinski definition) is 0. The van der Waals surface area contributed by atoms with Crippen molar-refractivity contribution in [1.82, 2.24) is 24.5 Å². The Morgan fingerprint density at radius 1 is 1.00 bits per heavy atom. The van der Waals surface area contributed by atoms with Gasteiger partial charge >= 0.3 is 0 Å². The molecule has 0 saturated carbocycles. The Morgan fingerprint density at radius 3 is 2.50 bits per heavy atom. The average Bonchev–Trinajstić information content (AvgIpc) is 3.34. The first-order valence-electron chi connectivity index (χ1n) is 9.54. The highest BCUT2D eigenvalue weighted by Gasteiger charge is 2.22. The van der Waals surface area contributed by atoms with Crippen LogP contribution in [-0.2, 0) is 0 Å². The zero-order valence-corrected chi connectivity index (χ0v) is 15.7. The van der Waals surface area contributed by atoms with E-state index in [0.717, 1.165) is 48.2 Å². The van der Waals surface area contributed by atoms with Crippen LogP contribution in [-0.4, -0.2) is 37.6 Å². The molecule has 0 amide bonds. The molecule has 0 spiro atoms. The van der Waals surface area contributed by atoms with E-state index in [2.05, 4.69) is 37.0 Å². The number of aryl methyl sites for hydroxylation is 1. The van der Waals surface area contributed by atoms with E-state index in [1.165, 1.54) is 6.07 Å². The van der Waals surface area contributed by atoms with Gasteiger partial charge in [0, 0.05) is 31.5 Å². The summed E-state index contributed by atoms with van der Waals surface area (Å²) >= 11 is 0. The molecule has 1 aliphatic rings. The van der Waals surface area contributed by atoms with Crippen LogP contribution in [0.5, 0.6) is 0 Å². The number of piperidine rings is 1. The number of rotatable bonds is 3. The third-order valence-corrected chi connectivity index (χ3v) is 5.45. The summed E-state index contributed by atoms with van der Waals surface area (Å²) in [6.07, 6.45) is 7.78. The van der Waals surface area contributed by atoms with E-state index in [-0.39, 0.29) is 5.82 Å². The van der Waals surface area contributed by atoms with Crippen molar-refractivity contribution in [2.45, 2.75) is 25.8 Å². The SMILES string of the molecule is Cc1cnn(-c2ccc(N3CCC(n4ccc5ccc(F)cc54)CC3)nn2)c1. The zero-order chi connectivity index (χ0) is 19.1. The summed E-state index contributed by atoms with van der Waals surface area (Å²) < 4.78 is 17.6. The van der Waals surface area contributed by atoms with Crippen molar-refractivity contribution >= 4 is 16.7 Å². The van der Waals surface area contributed by atoms with E-state index in [1.54, 1.807) is 16.9 Å². The van der Waals surface area contributed by atoms with Crippen LogP contribution in [0.1, 0.15) is 24.4 Å². The fraction of sp³-hybridized carbons (Fsp3) is 0.286. The van der Waals surface area contributed by atoms with Crippen LogP contribution in [0.15, 0.2) is 55.0 Å². The van der Waals surface area contributed by atoms with Gasteiger partial charge in [0.2, 0.25) is 0 Å². The van der Waals surface area contributed by atoms with E-state index >= 15 is 0 Å². The molecule has 1 aromatic carbocycles. The lowest BCUT2D eigenvalue weighted by molar-refractivity contribution is 0.403. The van der Waals surface area contributed by atoms with Crippen molar-refractivity contribution in [3.8, 4) is 5.82 Å². The second-order valence-corrected chi connectivity index (χ2v) is 7.36. The van der Waals surface area contributed by atoms with Crippen LogP contribution < -0.4 is 4.90 Å². The largest absolute Gasteiger partial charge is 0.355 e. The third-order valence-electron chi connectivity index (χ3n) is 5.45. The fourth-order valence-corrected chi connectivity index (χ4v) is 3.96. The fourth-order valence-electron chi connectivity index (χ4n) is 3.96. The van der Waals surface area contributed by atoms with E-state index in [4.69, 9.17) is 0 Å². The first kappa shape index (κ1) is 16.9. The molecule has 0 N–H and O–H groups in total. The van der Waals surface area contributed by atoms with Crippen molar-refractivity contribution in [2.24, 2.45) is 0 Å². The van der Waals surface area contributed by atoms with Crippen molar-refractivity contribution in [3.05, 3.63) is 66.4 Å². The Bertz CT molecular complexity index is 1110. The molecule has 0 bridgehead atoms. The Kier molecular flexibility index (Phi) is 4.07. The molecule has 1 aliphatic heterocycles. The van der Waals surface area contributed by atoms with Gasteiger partial charge < -0.3 is 9.47 Å². The molecule has 0 radical (unpaired) electrons. The quantitative estimate of drug-likeness (QED) is 0.544. The molecular formula is C21H21FN6. The van der Waals surface area contributed by atoms with Crippen LogP contribution >= 0.6 is 0 Å². The summed E-state index contributed by atoms with van der Waals surface area (Å²) in [6, 6.07) is 11.4. The molecule has 3 aromatic heterocycles. The highest BCUT2D eigenvalue weighted by molar-refractivity contribution is 5.80. The first-order valence-corrected chi connectivity index (χ1v) is 9.54. The van der Waals surface area contributed by atoms with E-state index in [0.29, 0.717) is 11.9 Å². The van der Waals surface area contributed by atoms with Crippen LogP contribution in [0, 0.1) is 12.7 Å². The van der Waals surface area contributed by atoms with Crippen molar-refractivity contribution < 1.29 is 4.39 Å². The monoisotopic (exact) mass is 376 g/mol.